The van der Waals surface area contributed by atoms with Crippen molar-refractivity contribution in [2.75, 3.05) is 16.0 Å². The van der Waals surface area contributed by atoms with Crippen LogP contribution < -0.4 is 16.0 Å². The second kappa shape index (κ2) is 9.80. The number of nitro benzene ring substituents is 1. The fourth-order valence-electron chi connectivity index (χ4n) is 3.48. The van der Waals surface area contributed by atoms with Crippen LogP contribution in [0.3, 0.4) is 0 Å². The van der Waals surface area contributed by atoms with E-state index in [1.807, 2.05) is 24.3 Å². The van der Waals surface area contributed by atoms with Gasteiger partial charge in [-0.15, -0.1) is 10.2 Å². The number of rotatable bonds is 6. The molecule has 0 unspecified atom stereocenters. The molecule has 1 heterocycles. The highest BCUT2D eigenvalue weighted by Crippen LogP contribution is 2.29. The van der Waals surface area contributed by atoms with Gasteiger partial charge in [-0.25, -0.2) is 0 Å². The molecule has 160 valence electrons. The zero-order valence-corrected chi connectivity index (χ0v) is 18.3. The minimum absolute atomic E-state index is 0.0359. The molecule has 10 heteroatoms. The Morgan fingerprint density at radius 2 is 1.58 bits per heavy atom. The number of hydrogen-bond acceptors (Lipinski definition) is 7. The molecule has 1 aliphatic rings. The number of benzene rings is 2. The van der Waals surface area contributed by atoms with E-state index in [1.165, 1.54) is 44.2 Å². The molecule has 1 fully saturated rings. The predicted molar refractivity (Wildman–Crippen MR) is 129 cm³/mol. The Morgan fingerprint density at radius 3 is 2.19 bits per heavy atom. The molecule has 1 aromatic heterocycles. The van der Waals surface area contributed by atoms with Crippen LogP contribution in [0.15, 0.2) is 48.5 Å². The molecule has 31 heavy (non-hydrogen) atoms. The van der Waals surface area contributed by atoms with Gasteiger partial charge in [-0.3, -0.25) is 10.1 Å². The van der Waals surface area contributed by atoms with E-state index in [2.05, 4.69) is 26.1 Å². The Labute approximate surface area is 189 Å². The summed E-state index contributed by atoms with van der Waals surface area (Å²) in [5.74, 6) is 0. The Bertz CT molecular complexity index is 1050. The van der Waals surface area contributed by atoms with Crippen molar-refractivity contribution >= 4 is 50.9 Å². The van der Waals surface area contributed by atoms with Crippen molar-refractivity contribution in [2.45, 2.75) is 38.1 Å². The van der Waals surface area contributed by atoms with Gasteiger partial charge in [0, 0.05) is 35.1 Å². The van der Waals surface area contributed by atoms with E-state index in [1.54, 1.807) is 23.5 Å². The molecule has 1 saturated carbocycles. The van der Waals surface area contributed by atoms with Gasteiger partial charge in [0.15, 0.2) is 5.11 Å². The summed E-state index contributed by atoms with van der Waals surface area (Å²) >= 11 is 6.89. The predicted octanol–water partition coefficient (Wildman–Crippen LogP) is 5.67. The highest BCUT2D eigenvalue weighted by Gasteiger charge is 2.15. The second-order valence-electron chi connectivity index (χ2n) is 7.35. The lowest BCUT2D eigenvalue weighted by molar-refractivity contribution is -0.384. The number of thiocarbonyl (C=S) groups is 1. The van der Waals surface area contributed by atoms with E-state index < -0.39 is 4.92 Å². The summed E-state index contributed by atoms with van der Waals surface area (Å²) in [7, 11) is 0. The van der Waals surface area contributed by atoms with Crippen molar-refractivity contribution in [3.05, 3.63) is 58.6 Å². The molecule has 4 rings (SSSR count). The quantitative estimate of drug-likeness (QED) is 0.249. The van der Waals surface area contributed by atoms with Crippen molar-refractivity contribution in [3.8, 4) is 10.6 Å². The smallest absolute Gasteiger partial charge is 0.269 e. The molecule has 0 saturated heterocycles. The summed E-state index contributed by atoms with van der Waals surface area (Å²) in [6.45, 7) is 0. The van der Waals surface area contributed by atoms with E-state index >= 15 is 0 Å². The third-order valence-electron chi connectivity index (χ3n) is 5.08. The summed E-state index contributed by atoms with van der Waals surface area (Å²) < 4.78 is 0. The molecule has 1 aliphatic carbocycles. The first-order chi connectivity index (χ1) is 15.1. The third-order valence-corrected chi connectivity index (χ3v) is 6.19. The Balaban J connectivity index is 1.32. The standard InChI is InChI=1S/C21H22N6O2S2/c28-27(29)18-12-10-17(11-13-18)23-20(30)22-16-8-6-14(7-9-16)19-25-26-21(31-19)24-15-4-2-1-3-5-15/h6-13,15H,1-5H2,(H,24,26)(H2,22,23,30). The maximum absolute atomic E-state index is 10.7. The van der Waals surface area contributed by atoms with Gasteiger partial charge < -0.3 is 16.0 Å². The van der Waals surface area contributed by atoms with E-state index in [-0.39, 0.29) is 5.69 Å². The zero-order chi connectivity index (χ0) is 21.6. The minimum atomic E-state index is -0.436. The highest BCUT2D eigenvalue weighted by atomic mass is 32.1. The summed E-state index contributed by atoms with van der Waals surface area (Å²) in [5, 5.41) is 31.1. The number of nitrogens with zero attached hydrogens (tertiary/aromatic N) is 3. The lowest BCUT2D eigenvalue weighted by Gasteiger charge is -2.21. The van der Waals surface area contributed by atoms with Crippen LogP contribution in [0.5, 0.6) is 0 Å². The van der Waals surface area contributed by atoms with Crippen molar-refractivity contribution < 1.29 is 4.92 Å². The second-order valence-corrected chi connectivity index (χ2v) is 8.74. The maximum Gasteiger partial charge on any atom is 0.269 e. The van der Waals surface area contributed by atoms with E-state index in [0.717, 1.165) is 21.4 Å². The number of non-ortho nitro benzene ring substituents is 1. The summed E-state index contributed by atoms with van der Waals surface area (Å²) in [5.41, 5.74) is 2.53. The molecule has 8 nitrogen and oxygen atoms in total. The number of anilines is 3. The topological polar surface area (TPSA) is 105 Å². The highest BCUT2D eigenvalue weighted by molar-refractivity contribution is 7.80. The summed E-state index contributed by atoms with van der Waals surface area (Å²) in [6, 6.07) is 14.4. The molecule has 0 bridgehead atoms. The van der Waals surface area contributed by atoms with Gasteiger partial charge in [-0.1, -0.05) is 30.6 Å². The number of hydrogen-bond donors (Lipinski definition) is 3. The molecule has 0 aliphatic heterocycles. The number of nitrogens with one attached hydrogen (secondary N) is 3. The molecular formula is C21H22N6O2S2. The van der Waals surface area contributed by atoms with Crippen molar-refractivity contribution in [1.29, 1.82) is 0 Å². The first-order valence-corrected chi connectivity index (χ1v) is 11.3. The fraction of sp³-hybridized carbons (Fsp3) is 0.286. The average Bonchev–Trinajstić information content (AvgIpc) is 3.24. The Hall–Kier alpha value is -3.11. The largest absolute Gasteiger partial charge is 0.357 e. The van der Waals surface area contributed by atoms with Crippen LogP contribution in [-0.4, -0.2) is 26.3 Å². The Kier molecular flexibility index (Phi) is 6.68. The van der Waals surface area contributed by atoms with Gasteiger partial charge in [-0.2, -0.15) is 0 Å². The van der Waals surface area contributed by atoms with Crippen LogP contribution in [0, 0.1) is 10.1 Å². The summed E-state index contributed by atoms with van der Waals surface area (Å²) in [6.07, 6.45) is 6.27. The molecule has 3 N–H and O–H groups in total. The van der Waals surface area contributed by atoms with E-state index in [9.17, 15) is 10.1 Å². The lowest BCUT2D eigenvalue weighted by atomic mass is 9.96. The molecule has 0 atom stereocenters. The van der Waals surface area contributed by atoms with Crippen LogP contribution in [0.4, 0.5) is 22.2 Å². The van der Waals surface area contributed by atoms with Gasteiger partial charge in [0.25, 0.3) is 5.69 Å². The zero-order valence-electron chi connectivity index (χ0n) is 16.7. The Morgan fingerprint density at radius 1 is 0.968 bits per heavy atom. The van der Waals surface area contributed by atoms with E-state index in [0.29, 0.717) is 16.8 Å². The van der Waals surface area contributed by atoms with Crippen molar-refractivity contribution in [3.63, 3.8) is 0 Å². The van der Waals surface area contributed by atoms with Gasteiger partial charge in [0.2, 0.25) is 5.13 Å². The molecule has 0 spiro atoms. The van der Waals surface area contributed by atoms with Gasteiger partial charge in [0.1, 0.15) is 5.01 Å². The average molecular weight is 455 g/mol. The number of aromatic nitrogens is 2. The SMILES string of the molecule is O=[N+]([O-])c1ccc(NC(=S)Nc2ccc(-c3nnc(NC4CCCCC4)s3)cc2)cc1. The van der Waals surface area contributed by atoms with Crippen molar-refractivity contribution in [2.24, 2.45) is 0 Å². The van der Waals surface area contributed by atoms with Crippen LogP contribution >= 0.6 is 23.6 Å². The minimum Gasteiger partial charge on any atom is -0.357 e. The first-order valence-electron chi connectivity index (χ1n) is 10.1. The monoisotopic (exact) mass is 454 g/mol. The molecular weight excluding hydrogens is 432 g/mol. The fourth-order valence-corrected chi connectivity index (χ4v) is 4.54. The maximum atomic E-state index is 10.7. The van der Waals surface area contributed by atoms with E-state index in [4.69, 9.17) is 12.2 Å². The molecule has 0 radical (unpaired) electrons. The lowest BCUT2D eigenvalue weighted by Crippen LogP contribution is -2.21. The van der Waals surface area contributed by atoms with Crippen LogP contribution in [-0.2, 0) is 0 Å². The molecule has 2 aromatic carbocycles. The number of nitro groups is 1. The van der Waals surface area contributed by atoms with Gasteiger partial charge in [0.05, 0.1) is 4.92 Å². The van der Waals surface area contributed by atoms with Crippen LogP contribution in [0.25, 0.3) is 10.6 Å². The molecule has 0 amide bonds. The summed E-state index contributed by atoms with van der Waals surface area (Å²) in [4.78, 5) is 10.3. The van der Waals surface area contributed by atoms with Gasteiger partial charge >= 0.3 is 0 Å². The van der Waals surface area contributed by atoms with Crippen LogP contribution in [0.1, 0.15) is 32.1 Å². The van der Waals surface area contributed by atoms with Crippen LogP contribution in [0.2, 0.25) is 0 Å². The molecule has 3 aromatic rings. The normalized spacial score (nSPS) is 14.1. The first kappa shape index (κ1) is 21.1. The van der Waals surface area contributed by atoms with Crippen molar-refractivity contribution in [1.82, 2.24) is 10.2 Å². The third kappa shape index (κ3) is 5.74. The van der Waals surface area contributed by atoms with Gasteiger partial charge in [-0.05, 0) is 61.5 Å².